The van der Waals surface area contributed by atoms with Crippen LogP contribution >= 0.6 is 0 Å². The summed E-state index contributed by atoms with van der Waals surface area (Å²) >= 11 is 0. The molecule has 5 aliphatic rings. The lowest BCUT2D eigenvalue weighted by molar-refractivity contribution is -0.352. The third kappa shape index (κ3) is 5.65. The van der Waals surface area contributed by atoms with E-state index in [-0.39, 0.29) is 48.3 Å². The zero-order valence-electron chi connectivity index (χ0n) is 18.0. The minimum absolute atomic E-state index is 0.00882. The van der Waals surface area contributed by atoms with Gasteiger partial charge in [-0.15, -0.1) is 23.4 Å². The minimum atomic E-state index is -4.62. The van der Waals surface area contributed by atoms with Gasteiger partial charge >= 0.3 is 13.0 Å². The lowest BCUT2D eigenvalue weighted by atomic mass is 9.39. The largest absolute Gasteiger partial charge is 0.522 e. The molecule has 2 N–H and O–H groups in total. The number of alkyl halides is 6. The molecule has 5 saturated carbocycles. The summed E-state index contributed by atoms with van der Waals surface area (Å²) in [4.78, 5) is 12.1. The number of nitrogens with one attached hydrogen (secondary N) is 1. The SMILES string of the molecule is FC(F)F.O=C(COCC1CC(O)C1)NC12CC(c3nnc(C4CC(OC(F)(F)F)C4)o3)(C1)C2. The van der Waals surface area contributed by atoms with Crippen LogP contribution in [0.2, 0.25) is 0 Å². The van der Waals surface area contributed by atoms with Crippen LogP contribution in [0.3, 0.4) is 0 Å². The number of aliphatic hydroxyl groups excluding tert-OH is 1. The molecule has 192 valence electrons. The van der Waals surface area contributed by atoms with Gasteiger partial charge < -0.3 is 19.6 Å². The smallest absolute Gasteiger partial charge is 0.424 e. The first-order chi connectivity index (χ1) is 15.9. The van der Waals surface area contributed by atoms with Crippen molar-refractivity contribution >= 4 is 5.91 Å². The van der Waals surface area contributed by atoms with E-state index in [2.05, 4.69) is 20.3 Å². The molecule has 0 saturated heterocycles. The summed E-state index contributed by atoms with van der Waals surface area (Å²) in [5.41, 5.74) is -0.475. The molecule has 14 heteroatoms. The number of hydrogen-bond donors (Lipinski definition) is 2. The fraction of sp³-hybridized carbons (Fsp3) is 0.850. The Morgan fingerprint density at radius 2 is 1.76 bits per heavy atom. The molecule has 8 nitrogen and oxygen atoms in total. The van der Waals surface area contributed by atoms with Crippen LogP contribution in [0.1, 0.15) is 62.6 Å². The molecular formula is C20H25F6N3O5. The van der Waals surface area contributed by atoms with Gasteiger partial charge in [0.15, 0.2) is 0 Å². The molecule has 1 amide bonds. The van der Waals surface area contributed by atoms with Crippen LogP contribution in [0.4, 0.5) is 26.3 Å². The molecule has 1 aromatic rings. The number of aromatic nitrogens is 2. The molecule has 5 aliphatic carbocycles. The average Bonchev–Trinajstić information content (AvgIpc) is 3.06. The molecule has 0 spiro atoms. The molecule has 0 atom stereocenters. The second-order valence-electron chi connectivity index (χ2n) is 9.69. The summed E-state index contributed by atoms with van der Waals surface area (Å²) in [6.45, 7) is -3.17. The van der Waals surface area contributed by atoms with E-state index in [1.807, 2.05) is 0 Å². The van der Waals surface area contributed by atoms with E-state index in [1.54, 1.807) is 0 Å². The zero-order valence-corrected chi connectivity index (χ0v) is 18.0. The Bertz CT molecular complexity index is 847. The van der Waals surface area contributed by atoms with E-state index in [4.69, 9.17) is 9.15 Å². The van der Waals surface area contributed by atoms with Crippen LogP contribution < -0.4 is 5.32 Å². The highest BCUT2D eigenvalue weighted by molar-refractivity contribution is 5.79. The van der Waals surface area contributed by atoms with Gasteiger partial charge in [-0.25, -0.2) is 0 Å². The van der Waals surface area contributed by atoms with Crippen LogP contribution in [-0.4, -0.2) is 65.2 Å². The van der Waals surface area contributed by atoms with Gasteiger partial charge in [-0.2, -0.15) is 13.2 Å². The molecule has 1 aromatic heterocycles. The Hall–Kier alpha value is -1.93. The lowest BCUT2D eigenvalue weighted by Gasteiger charge is -2.68. The number of carbonyl (C=O) groups is 1. The van der Waals surface area contributed by atoms with Crippen molar-refractivity contribution in [2.24, 2.45) is 5.92 Å². The maximum Gasteiger partial charge on any atom is 0.522 e. The Morgan fingerprint density at radius 3 is 2.32 bits per heavy atom. The van der Waals surface area contributed by atoms with Gasteiger partial charge in [-0.1, -0.05) is 0 Å². The van der Waals surface area contributed by atoms with Crippen LogP contribution in [0, 0.1) is 5.92 Å². The van der Waals surface area contributed by atoms with Gasteiger partial charge in [0.1, 0.15) is 6.61 Å². The van der Waals surface area contributed by atoms with Gasteiger partial charge in [-0.3, -0.25) is 9.53 Å². The number of aliphatic hydroxyl groups is 1. The summed E-state index contributed by atoms with van der Waals surface area (Å²) < 4.78 is 80.8. The molecule has 34 heavy (non-hydrogen) atoms. The highest BCUT2D eigenvalue weighted by Gasteiger charge is 2.71. The summed E-state index contributed by atoms with van der Waals surface area (Å²) in [6, 6.07) is 0. The quantitative estimate of drug-likeness (QED) is 0.528. The summed E-state index contributed by atoms with van der Waals surface area (Å²) in [6.07, 6.45) is -1.66. The first-order valence-electron chi connectivity index (χ1n) is 10.9. The van der Waals surface area contributed by atoms with Crippen molar-refractivity contribution in [1.82, 2.24) is 15.5 Å². The molecule has 2 bridgehead atoms. The van der Waals surface area contributed by atoms with Gasteiger partial charge in [0.05, 0.1) is 24.2 Å². The Kier molecular flexibility index (Phi) is 6.86. The number of nitrogens with zero attached hydrogens (tertiary/aromatic N) is 2. The van der Waals surface area contributed by atoms with Crippen molar-refractivity contribution in [3.05, 3.63) is 11.8 Å². The second-order valence-corrected chi connectivity index (χ2v) is 9.69. The number of carbonyl (C=O) groups excluding carboxylic acids is 1. The number of amides is 1. The molecule has 5 fully saturated rings. The Labute approximate surface area is 190 Å². The van der Waals surface area contributed by atoms with Gasteiger partial charge in [0.2, 0.25) is 17.7 Å². The molecule has 0 aliphatic heterocycles. The van der Waals surface area contributed by atoms with Gasteiger partial charge in [0.25, 0.3) is 0 Å². The van der Waals surface area contributed by atoms with Crippen LogP contribution in [-0.2, 0) is 19.7 Å². The molecule has 0 aromatic carbocycles. The number of hydrogen-bond acceptors (Lipinski definition) is 7. The van der Waals surface area contributed by atoms with Crippen molar-refractivity contribution in [2.45, 2.75) is 87.1 Å². The maximum atomic E-state index is 12.2. The minimum Gasteiger partial charge on any atom is -0.424 e. The second kappa shape index (κ2) is 9.26. The Balaban J connectivity index is 0.000000636. The van der Waals surface area contributed by atoms with E-state index in [0.717, 1.165) is 12.8 Å². The molecule has 6 rings (SSSR count). The van der Waals surface area contributed by atoms with E-state index in [9.17, 15) is 36.2 Å². The summed E-state index contributed by atoms with van der Waals surface area (Å²) in [5, 5.41) is 20.4. The highest BCUT2D eigenvalue weighted by atomic mass is 19.4. The van der Waals surface area contributed by atoms with Crippen molar-refractivity contribution < 1.29 is 50.1 Å². The zero-order chi connectivity index (χ0) is 24.7. The molecular weight excluding hydrogens is 476 g/mol. The normalized spacial score (nSPS) is 35.8. The predicted molar refractivity (Wildman–Crippen MR) is 100 cm³/mol. The summed E-state index contributed by atoms with van der Waals surface area (Å²) in [7, 11) is 0. The van der Waals surface area contributed by atoms with Crippen molar-refractivity contribution in [3.63, 3.8) is 0 Å². The van der Waals surface area contributed by atoms with E-state index in [1.165, 1.54) is 0 Å². The van der Waals surface area contributed by atoms with Crippen molar-refractivity contribution in [1.29, 1.82) is 0 Å². The van der Waals surface area contributed by atoms with Crippen molar-refractivity contribution in [2.75, 3.05) is 13.2 Å². The van der Waals surface area contributed by atoms with Gasteiger partial charge in [0, 0.05) is 11.5 Å². The molecule has 1 heterocycles. The van der Waals surface area contributed by atoms with Crippen LogP contribution in [0.5, 0.6) is 0 Å². The number of rotatable bonds is 8. The third-order valence-corrected chi connectivity index (χ3v) is 6.87. The van der Waals surface area contributed by atoms with Gasteiger partial charge in [-0.05, 0) is 50.9 Å². The monoisotopic (exact) mass is 501 g/mol. The number of ether oxygens (including phenoxy) is 2. The third-order valence-electron chi connectivity index (χ3n) is 6.87. The topological polar surface area (TPSA) is 107 Å². The Morgan fingerprint density at radius 1 is 1.15 bits per heavy atom. The standard InChI is InChI=1S/C19H24F3N3O5.CHF3/c20-19(21,22)30-13-3-11(4-13)15-24-25-16(29-15)17-7-18(8-17,9-17)23-14(27)6-28-5-10-1-12(26)2-10;2-1(3)4/h10-13,26H,1-9H2,(H,23,27);1H. The van der Waals surface area contributed by atoms with E-state index in [0.29, 0.717) is 43.6 Å². The fourth-order valence-corrected chi connectivity index (χ4v) is 5.30. The van der Waals surface area contributed by atoms with Crippen LogP contribution in [0.25, 0.3) is 0 Å². The lowest BCUT2D eigenvalue weighted by Crippen LogP contribution is -2.77. The summed E-state index contributed by atoms with van der Waals surface area (Å²) in [5.74, 6) is 0.856. The average molecular weight is 501 g/mol. The molecule has 0 unspecified atom stereocenters. The van der Waals surface area contributed by atoms with E-state index < -0.39 is 19.1 Å². The first kappa shape index (κ1) is 25.2. The maximum absolute atomic E-state index is 12.2. The fourth-order valence-electron chi connectivity index (χ4n) is 5.30. The molecule has 0 radical (unpaired) electrons. The first-order valence-corrected chi connectivity index (χ1v) is 10.9. The number of halogens is 6. The van der Waals surface area contributed by atoms with E-state index >= 15 is 0 Å². The van der Waals surface area contributed by atoms with Crippen molar-refractivity contribution in [3.8, 4) is 0 Å². The predicted octanol–water partition coefficient (Wildman–Crippen LogP) is 3.11. The highest BCUT2D eigenvalue weighted by Crippen LogP contribution is 2.67. The van der Waals surface area contributed by atoms with Crippen LogP contribution in [0.15, 0.2) is 4.42 Å².